The quantitative estimate of drug-likeness (QED) is 0.909. The van der Waals surface area contributed by atoms with Crippen molar-refractivity contribution >= 4 is 16.7 Å². The first-order valence-corrected chi connectivity index (χ1v) is 7.80. The van der Waals surface area contributed by atoms with Crippen molar-refractivity contribution in [2.75, 3.05) is 11.9 Å². The second-order valence-electron chi connectivity index (χ2n) is 6.21. The average Bonchev–Trinajstić information content (AvgIpc) is 2.52. The van der Waals surface area contributed by atoms with Crippen molar-refractivity contribution in [3.05, 3.63) is 35.9 Å². The molecule has 1 aliphatic carbocycles. The van der Waals surface area contributed by atoms with Crippen LogP contribution in [0.25, 0.3) is 10.9 Å². The van der Waals surface area contributed by atoms with Crippen molar-refractivity contribution in [3.63, 3.8) is 0 Å². The Balaban J connectivity index is 1.78. The van der Waals surface area contributed by atoms with Crippen LogP contribution in [0.5, 0.6) is 0 Å². The lowest BCUT2D eigenvalue weighted by Crippen LogP contribution is -2.21. The van der Waals surface area contributed by atoms with E-state index in [4.69, 9.17) is 0 Å². The van der Waals surface area contributed by atoms with Gasteiger partial charge in [0.15, 0.2) is 0 Å². The highest BCUT2D eigenvalue weighted by atomic mass is 15.0. The minimum Gasteiger partial charge on any atom is -0.369 e. The predicted octanol–water partition coefficient (Wildman–Crippen LogP) is 4.34. The van der Waals surface area contributed by atoms with Gasteiger partial charge in [-0.1, -0.05) is 38.0 Å². The number of nitrogens with one attached hydrogen (secondary N) is 1. The summed E-state index contributed by atoms with van der Waals surface area (Å²) in [6.07, 6.45) is 5.24. The first kappa shape index (κ1) is 13.9. The number of benzene rings is 1. The van der Waals surface area contributed by atoms with Crippen LogP contribution in [0, 0.1) is 23.2 Å². The Morgan fingerprint density at radius 3 is 3.00 bits per heavy atom. The predicted molar refractivity (Wildman–Crippen MR) is 86.1 cm³/mol. The molecular weight excluding hydrogens is 258 g/mol. The molecule has 0 spiro atoms. The van der Waals surface area contributed by atoms with Crippen molar-refractivity contribution in [3.8, 4) is 6.07 Å². The number of nitrogens with zero attached hydrogens (tertiary/aromatic N) is 2. The van der Waals surface area contributed by atoms with Crippen LogP contribution in [0.2, 0.25) is 0 Å². The second-order valence-corrected chi connectivity index (χ2v) is 6.21. The van der Waals surface area contributed by atoms with Gasteiger partial charge < -0.3 is 5.32 Å². The third-order valence-electron chi connectivity index (χ3n) is 4.45. The van der Waals surface area contributed by atoms with E-state index in [-0.39, 0.29) is 0 Å². The van der Waals surface area contributed by atoms with E-state index in [1.807, 2.05) is 30.3 Å². The first-order valence-electron chi connectivity index (χ1n) is 7.80. The summed E-state index contributed by atoms with van der Waals surface area (Å²) in [6, 6.07) is 12.1. The monoisotopic (exact) mass is 279 g/mol. The van der Waals surface area contributed by atoms with Crippen LogP contribution >= 0.6 is 0 Å². The number of pyridine rings is 1. The van der Waals surface area contributed by atoms with Crippen LogP contribution in [-0.4, -0.2) is 11.5 Å². The molecule has 1 aliphatic rings. The fourth-order valence-electron chi connectivity index (χ4n) is 3.32. The molecule has 0 radical (unpaired) electrons. The van der Waals surface area contributed by atoms with Gasteiger partial charge in [0, 0.05) is 11.9 Å². The van der Waals surface area contributed by atoms with Crippen LogP contribution in [0.3, 0.4) is 0 Å². The normalized spacial score (nSPS) is 21.9. The molecule has 2 unspecified atom stereocenters. The number of hydrogen-bond acceptors (Lipinski definition) is 3. The van der Waals surface area contributed by atoms with Crippen molar-refractivity contribution < 1.29 is 0 Å². The Hall–Kier alpha value is -2.08. The van der Waals surface area contributed by atoms with Gasteiger partial charge in [0.25, 0.3) is 0 Å². The zero-order chi connectivity index (χ0) is 14.7. The second kappa shape index (κ2) is 6.13. The van der Waals surface area contributed by atoms with Gasteiger partial charge in [0.1, 0.15) is 11.9 Å². The summed E-state index contributed by atoms with van der Waals surface area (Å²) in [5.74, 6) is 2.26. The Morgan fingerprint density at radius 2 is 2.19 bits per heavy atom. The Bertz CT molecular complexity index is 672. The fraction of sp³-hybridized carbons (Fsp3) is 0.444. The fourth-order valence-corrected chi connectivity index (χ4v) is 3.32. The molecule has 3 nitrogen and oxygen atoms in total. The smallest absolute Gasteiger partial charge is 0.144 e. The molecule has 21 heavy (non-hydrogen) atoms. The third-order valence-corrected chi connectivity index (χ3v) is 4.45. The third kappa shape index (κ3) is 3.16. The van der Waals surface area contributed by atoms with Gasteiger partial charge >= 0.3 is 0 Å². The highest BCUT2D eigenvalue weighted by Crippen LogP contribution is 2.29. The summed E-state index contributed by atoms with van der Waals surface area (Å²) < 4.78 is 0. The molecular formula is C18H21N3. The largest absolute Gasteiger partial charge is 0.369 e. The zero-order valence-corrected chi connectivity index (χ0v) is 12.5. The van der Waals surface area contributed by atoms with E-state index in [2.05, 4.69) is 23.3 Å². The van der Waals surface area contributed by atoms with E-state index in [0.29, 0.717) is 11.5 Å². The van der Waals surface area contributed by atoms with E-state index in [1.165, 1.54) is 25.7 Å². The summed E-state index contributed by atoms with van der Waals surface area (Å²) in [5, 5.41) is 13.8. The molecule has 1 heterocycles. The maximum Gasteiger partial charge on any atom is 0.144 e. The Labute approximate surface area is 126 Å². The average molecular weight is 279 g/mol. The summed E-state index contributed by atoms with van der Waals surface area (Å²) in [4.78, 5) is 4.62. The zero-order valence-electron chi connectivity index (χ0n) is 12.5. The van der Waals surface area contributed by atoms with Gasteiger partial charge in [-0.15, -0.1) is 0 Å². The molecule has 2 aromatic rings. The standard InChI is InChI=1S/C18H21N3/c1-13-5-4-6-14(9-13)12-20-18-16(11-19)10-15-7-2-3-8-17(15)21-18/h2-3,7-8,10,13-14H,4-6,9,12H2,1H3,(H,20,21). The van der Waals surface area contributed by atoms with E-state index >= 15 is 0 Å². The Morgan fingerprint density at radius 1 is 1.33 bits per heavy atom. The Kier molecular flexibility index (Phi) is 4.06. The highest BCUT2D eigenvalue weighted by Gasteiger charge is 2.19. The molecule has 0 bridgehead atoms. The van der Waals surface area contributed by atoms with Crippen LogP contribution in [0.15, 0.2) is 30.3 Å². The van der Waals surface area contributed by atoms with Crippen LogP contribution < -0.4 is 5.32 Å². The lowest BCUT2D eigenvalue weighted by Gasteiger charge is -2.27. The molecule has 0 amide bonds. The maximum absolute atomic E-state index is 9.33. The van der Waals surface area contributed by atoms with Gasteiger partial charge in [-0.2, -0.15) is 5.26 Å². The van der Waals surface area contributed by atoms with Crippen molar-refractivity contribution in [2.24, 2.45) is 11.8 Å². The summed E-state index contributed by atoms with van der Waals surface area (Å²) in [6.45, 7) is 3.26. The van der Waals surface area contributed by atoms with Crippen LogP contribution in [0.1, 0.15) is 38.2 Å². The molecule has 2 atom stereocenters. The molecule has 0 aliphatic heterocycles. The minimum absolute atomic E-state index is 0.637. The van der Waals surface area contributed by atoms with Crippen molar-refractivity contribution in [1.82, 2.24) is 4.98 Å². The number of anilines is 1. The van der Waals surface area contributed by atoms with E-state index in [0.717, 1.165) is 29.2 Å². The van der Waals surface area contributed by atoms with Crippen LogP contribution in [-0.2, 0) is 0 Å². The van der Waals surface area contributed by atoms with Gasteiger partial charge in [-0.3, -0.25) is 0 Å². The molecule has 3 rings (SSSR count). The lowest BCUT2D eigenvalue weighted by molar-refractivity contribution is 0.293. The number of aromatic nitrogens is 1. The molecule has 1 aromatic carbocycles. The van der Waals surface area contributed by atoms with Crippen molar-refractivity contribution in [2.45, 2.75) is 32.6 Å². The number of hydrogen-bond donors (Lipinski definition) is 1. The lowest BCUT2D eigenvalue weighted by atomic mass is 9.82. The number of para-hydroxylation sites is 1. The molecule has 1 aromatic heterocycles. The van der Waals surface area contributed by atoms with E-state index in [1.54, 1.807) is 0 Å². The van der Waals surface area contributed by atoms with E-state index in [9.17, 15) is 5.26 Å². The maximum atomic E-state index is 9.33. The molecule has 1 fully saturated rings. The summed E-state index contributed by atoms with van der Waals surface area (Å²) in [5.41, 5.74) is 1.58. The first-order chi connectivity index (χ1) is 10.3. The molecule has 108 valence electrons. The SMILES string of the molecule is CC1CCCC(CNc2nc3ccccc3cc2C#N)C1. The topological polar surface area (TPSA) is 48.7 Å². The molecule has 0 saturated heterocycles. The van der Waals surface area contributed by atoms with Gasteiger partial charge in [0.2, 0.25) is 0 Å². The van der Waals surface area contributed by atoms with Crippen LogP contribution in [0.4, 0.5) is 5.82 Å². The number of rotatable bonds is 3. The summed E-state index contributed by atoms with van der Waals surface area (Å²) >= 11 is 0. The summed E-state index contributed by atoms with van der Waals surface area (Å²) in [7, 11) is 0. The molecule has 3 heteroatoms. The molecule has 1 N–H and O–H groups in total. The number of nitriles is 1. The van der Waals surface area contributed by atoms with E-state index < -0.39 is 0 Å². The number of fused-ring (bicyclic) bond motifs is 1. The highest BCUT2D eigenvalue weighted by molar-refractivity contribution is 5.82. The van der Waals surface area contributed by atoms with Gasteiger partial charge in [-0.25, -0.2) is 4.98 Å². The molecule has 1 saturated carbocycles. The van der Waals surface area contributed by atoms with Gasteiger partial charge in [-0.05, 0) is 36.8 Å². The van der Waals surface area contributed by atoms with Crippen molar-refractivity contribution in [1.29, 1.82) is 5.26 Å². The van der Waals surface area contributed by atoms with Gasteiger partial charge in [0.05, 0.1) is 11.1 Å². The minimum atomic E-state index is 0.637.